The summed E-state index contributed by atoms with van der Waals surface area (Å²) in [5.74, 6) is 1.64. The average molecular weight is 199 g/mol. The summed E-state index contributed by atoms with van der Waals surface area (Å²) < 4.78 is 5.27. The Kier molecular flexibility index (Phi) is 4.65. The first-order valence-electron chi connectivity index (χ1n) is 4.76. The topological polar surface area (TPSA) is 65.6 Å². The fourth-order valence-corrected chi connectivity index (χ4v) is 1.11. The molecule has 0 radical (unpaired) electrons. The third-order valence-corrected chi connectivity index (χ3v) is 1.98. The van der Waals surface area contributed by atoms with Crippen LogP contribution in [0.4, 0.5) is 0 Å². The Bertz CT molecular complexity index is 260. The lowest BCUT2D eigenvalue weighted by Gasteiger charge is -2.07. The third kappa shape index (κ3) is 3.49. The zero-order chi connectivity index (χ0) is 10.4. The van der Waals surface area contributed by atoms with E-state index in [1.165, 1.54) is 0 Å². The summed E-state index contributed by atoms with van der Waals surface area (Å²) in [4.78, 5) is 0. The van der Waals surface area contributed by atoms with Gasteiger partial charge < -0.3 is 19.9 Å². The van der Waals surface area contributed by atoms with Crippen molar-refractivity contribution in [1.29, 1.82) is 0 Å². The van der Waals surface area contributed by atoms with Crippen molar-refractivity contribution in [3.05, 3.63) is 23.7 Å². The first-order valence-corrected chi connectivity index (χ1v) is 4.76. The monoisotopic (exact) mass is 199 g/mol. The largest absolute Gasteiger partial charge is 0.462 e. The Labute approximate surface area is 83.6 Å². The van der Waals surface area contributed by atoms with Gasteiger partial charge in [0.15, 0.2) is 0 Å². The molecule has 1 unspecified atom stereocenters. The standard InChI is InChI=1S/C10H17NO3/c1-8(6-12)4-11-5-9-2-3-10(7-13)14-9/h2-3,8,11-13H,4-7H2,1H3. The van der Waals surface area contributed by atoms with Crippen LogP contribution >= 0.6 is 0 Å². The molecular weight excluding hydrogens is 182 g/mol. The predicted molar refractivity (Wildman–Crippen MR) is 52.6 cm³/mol. The van der Waals surface area contributed by atoms with Crippen LogP contribution in [0.15, 0.2) is 16.5 Å². The van der Waals surface area contributed by atoms with Gasteiger partial charge in [-0.2, -0.15) is 0 Å². The van der Waals surface area contributed by atoms with Gasteiger partial charge >= 0.3 is 0 Å². The zero-order valence-corrected chi connectivity index (χ0v) is 8.36. The maximum Gasteiger partial charge on any atom is 0.129 e. The SMILES string of the molecule is CC(CO)CNCc1ccc(CO)o1. The van der Waals surface area contributed by atoms with Gasteiger partial charge in [0.1, 0.15) is 18.1 Å². The van der Waals surface area contributed by atoms with Crippen molar-refractivity contribution in [1.82, 2.24) is 5.32 Å². The lowest BCUT2D eigenvalue weighted by molar-refractivity contribution is 0.230. The number of hydrogen-bond donors (Lipinski definition) is 3. The molecule has 1 rings (SSSR count). The van der Waals surface area contributed by atoms with Crippen molar-refractivity contribution in [3.63, 3.8) is 0 Å². The summed E-state index contributed by atoms with van der Waals surface area (Å²) >= 11 is 0. The highest BCUT2D eigenvalue weighted by Crippen LogP contribution is 2.07. The van der Waals surface area contributed by atoms with Crippen LogP contribution in [0, 0.1) is 5.92 Å². The van der Waals surface area contributed by atoms with Crippen molar-refractivity contribution in [2.75, 3.05) is 13.2 Å². The molecule has 0 amide bonds. The van der Waals surface area contributed by atoms with E-state index in [0.29, 0.717) is 12.3 Å². The highest BCUT2D eigenvalue weighted by molar-refractivity contribution is 5.05. The molecule has 0 fully saturated rings. The minimum atomic E-state index is -0.0625. The first-order chi connectivity index (χ1) is 6.76. The average Bonchev–Trinajstić information content (AvgIpc) is 2.65. The number of aliphatic hydroxyl groups is 2. The molecule has 0 aliphatic rings. The van der Waals surface area contributed by atoms with Gasteiger partial charge in [-0.1, -0.05) is 6.92 Å². The molecule has 0 aromatic carbocycles. The first kappa shape index (κ1) is 11.2. The van der Waals surface area contributed by atoms with Gasteiger partial charge in [-0.3, -0.25) is 0 Å². The van der Waals surface area contributed by atoms with E-state index in [1.807, 2.05) is 13.0 Å². The molecule has 80 valence electrons. The molecule has 1 heterocycles. The molecule has 0 saturated heterocycles. The second-order valence-corrected chi connectivity index (χ2v) is 3.44. The molecule has 3 N–H and O–H groups in total. The summed E-state index contributed by atoms with van der Waals surface area (Å²) in [5, 5.41) is 20.7. The Hall–Kier alpha value is -0.840. The van der Waals surface area contributed by atoms with Gasteiger partial charge in [-0.15, -0.1) is 0 Å². The lowest BCUT2D eigenvalue weighted by Crippen LogP contribution is -2.22. The summed E-state index contributed by atoms with van der Waals surface area (Å²) in [5.41, 5.74) is 0. The highest BCUT2D eigenvalue weighted by atomic mass is 16.4. The maximum atomic E-state index is 8.78. The van der Waals surface area contributed by atoms with Crippen molar-refractivity contribution in [2.24, 2.45) is 5.92 Å². The molecule has 0 spiro atoms. The molecule has 0 bridgehead atoms. The summed E-state index contributed by atoms with van der Waals surface area (Å²) in [7, 11) is 0. The molecule has 4 heteroatoms. The fraction of sp³-hybridized carbons (Fsp3) is 0.600. The smallest absolute Gasteiger partial charge is 0.129 e. The van der Waals surface area contributed by atoms with Crippen LogP contribution in [0.5, 0.6) is 0 Å². The van der Waals surface area contributed by atoms with E-state index < -0.39 is 0 Å². The van der Waals surface area contributed by atoms with Crippen molar-refractivity contribution >= 4 is 0 Å². The Morgan fingerprint density at radius 2 is 2.07 bits per heavy atom. The van der Waals surface area contributed by atoms with E-state index in [2.05, 4.69) is 5.32 Å². The Balaban J connectivity index is 2.24. The van der Waals surface area contributed by atoms with Crippen LogP contribution in [0.1, 0.15) is 18.4 Å². The number of nitrogens with one attached hydrogen (secondary N) is 1. The maximum absolute atomic E-state index is 8.78. The van der Waals surface area contributed by atoms with Gasteiger partial charge in [-0.05, 0) is 18.1 Å². The van der Waals surface area contributed by atoms with Crippen LogP contribution in [0.25, 0.3) is 0 Å². The molecular formula is C10H17NO3. The normalized spacial score (nSPS) is 13.1. The van der Waals surface area contributed by atoms with Crippen LogP contribution in [0.3, 0.4) is 0 Å². The molecule has 0 saturated carbocycles. The molecule has 4 nitrogen and oxygen atoms in total. The molecule has 1 atom stereocenters. The van der Waals surface area contributed by atoms with E-state index in [-0.39, 0.29) is 19.1 Å². The lowest BCUT2D eigenvalue weighted by atomic mass is 10.2. The van der Waals surface area contributed by atoms with Gasteiger partial charge in [0.2, 0.25) is 0 Å². The van der Waals surface area contributed by atoms with Gasteiger partial charge in [0, 0.05) is 13.2 Å². The molecule has 1 aromatic rings. The van der Waals surface area contributed by atoms with Crippen LogP contribution in [0.2, 0.25) is 0 Å². The van der Waals surface area contributed by atoms with E-state index >= 15 is 0 Å². The fourth-order valence-electron chi connectivity index (χ4n) is 1.11. The van der Waals surface area contributed by atoms with Crippen LogP contribution in [-0.4, -0.2) is 23.4 Å². The minimum absolute atomic E-state index is 0.0625. The predicted octanol–water partition coefficient (Wildman–Crippen LogP) is 0.490. The van der Waals surface area contributed by atoms with Gasteiger partial charge in [0.05, 0.1) is 6.54 Å². The molecule has 1 aromatic heterocycles. The summed E-state index contributed by atoms with van der Waals surface area (Å²) in [6, 6.07) is 3.59. The van der Waals surface area contributed by atoms with Crippen molar-refractivity contribution in [3.8, 4) is 0 Å². The zero-order valence-electron chi connectivity index (χ0n) is 8.36. The van der Waals surface area contributed by atoms with E-state index in [4.69, 9.17) is 14.6 Å². The number of rotatable bonds is 6. The van der Waals surface area contributed by atoms with Crippen molar-refractivity contribution in [2.45, 2.75) is 20.1 Å². The highest BCUT2D eigenvalue weighted by Gasteiger charge is 2.02. The van der Waals surface area contributed by atoms with E-state index in [0.717, 1.165) is 12.3 Å². The minimum Gasteiger partial charge on any atom is -0.462 e. The molecule has 14 heavy (non-hydrogen) atoms. The van der Waals surface area contributed by atoms with Crippen LogP contribution < -0.4 is 5.32 Å². The van der Waals surface area contributed by atoms with Gasteiger partial charge in [0.25, 0.3) is 0 Å². The van der Waals surface area contributed by atoms with Crippen LogP contribution in [-0.2, 0) is 13.2 Å². The number of aliphatic hydroxyl groups excluding tert-OH is 2. The third-order valence-electron chi connectivity index (χ3n) is 1.98. The Morgan fingerprint density at radius 1 is 1.36 bits per heavy atom. The molecule has 0 aliphatic heterocycles. The summed E-state index contributed by atoms with van der Waals surface area (Å²) in [6.07, 6.45) is 0. The van der Waals surface area contributed by atoms with E-state index in [9.17, 15) is 0 Å². The number of furan rings is 1. The molecule has 0 aliphatic carbocycles. The number of hydrogen-bond acceptors (Lipinski definition) is 4. The second kappa shape index (κ2) is 5.80. The quantitative estimate of drug-likeness (QED) is 0.624. The van der Waals surface area contributed by atoms with Crippen molar-refractivity contribution < 1.29 is 14.6 Å². The van der Waals surface area contributed by atoms with Gasteiger partial charge in [-0.25, -0.2) is 0 Å². The van der Waals surface area contributed by atoms with E-state index in [1.54, 1.807) is 6.07 Å². The Morgan fingerprint density at radius 3 is 2.64 bits per heavy atom. The summed E-state index contributed by atoms with van der Waals surface area (Å²) in [6.45, 7) is 3.48. The second-order valence-electron chi connectivity index (χ2n) is 3.44.